The summed E-state index contributed by atoms with van der Waals surface area (Å²) in [5.74, 6) is 0.781. The predicted octanol–water partition coefficient (Wildman–Crippen LogP) is 4.44. The number of hydrogen-bond donors (Lipinski definition) is 1. The zero-order valence-corrected chi connectivity index (χ0v) is 19.3. The number of carbonyl (C=O) groups is 2. The molecule has 1 aromatic heterocycles. The Labute approximate surface area is 195 Å². The molecular weight excluding hydrogens is 452 g/mol. The van der Waals surface area contributed by atoms with Gasteiger partial charge in [0, 0.05) is 12.2 Å². The molecule has 1 N–H and O–H groups in total. The molecule has 0 bridgehead atoms. The van der Waals surface area contributed by atoms with Gasteiger partial charge < -0.3 is 19.4 Å². The molecule has 0 spiro atoms. The van der Waals surface area contributed by atoms with E-state index in [0.717, 1.165) is 0 Å². The lowest BCUT2D eigenvalue weighted by Crippen LogP contribution is -2.15. The first kappa shape index (κ1) is 23.6. The van der Waals surface area contributed by atoms with Gasteiger partial charge >= 0.3 is 5.97 Å². The SMILES string of the molecule is CCOC(=O)c1ccc(NC(=O)CSc2nnc(COc3ccccc3Cl)n2CC)cc1. The van der Waals surface area contributed by atoms with E-state index < -0.39 is 5.97 Å². The number of ether oxygens (including phenoxy) is 2. The van der Waals surface area contributed by atoms with Gasteiger partial charge in [-0.15, -0.1) is 10.2 Å². The van der Waals surface area contributed by atoms with Crippen LogP contribution in [0, 0.1) is 0 Å². The Morgan fingerprint density at radius 2 is 1.84 bits per heavy atom. The van der Waals surface area contributed by atoms with Crippen LogP contribution in [0.1, 0.15) is 30.0 Å². The van der Waals surface area contributed by atoms with E-state index in [1.165, 1.54) is 11.8 Å². The summed E-state index contributed by atoms with van der Waals surface area (Å²) in [4.78, 5) is 24.0. The van der Waals surface area contributed by atoms with Crippen LogP contribution in [0.25, 0.3) is 0 Å². The third-order valence-electron chi connectivity index (χ3n) is 4.32. The highest BCUT2D eigenvalue weighted by Gasteiger charge is 2.15. The Morgan fingerprint density at radius 3 is 2.53 bits per heavy atom. The maximum absolute atomic E-state index is 12.3. The summed E-state index contributed by atoms with van der Waals surface area (Å²) in [5, 5.41) is 12.3. The number of rotatable bonds is 10. The van der Waals surface area contributed by atoms with Crippen LogP contribution in [0.4, 0.5) is 5.69 Å². The van der Waals surface area contributed by atoms with Crippen molar-refractivity contribution in [1.82, 2.24) is 14.8 Å². The summed E-state index contributed by atoms with van der Waals surface area (Å²) in [7, 11) is 0. The number of nitrogens with one attached hydrogen (secondary N) is 1. The van der Waals surface area contributed by atoms with Crippen LogP contribution < -0.4 is 10.1 Å². The fraction of sp³-hybridized carbons (Fsp3) is 0.273. The summed E-state index contributed by atoms with van der Waals surface area (Å²) in [6.07, 6.45) is 0. The van der Waals surface area contributed by atoms with Gasteiger partial charge in [0.05, 0.1) is 22.9 Å². The molecule has 8 nitrogen and oxygen atoms in total. The summed E-state index contributed by atoms with van der Waals surface area (Å²) < 4.78 is 12.6. The maximum Gasteiger partial charge on any atom is 0.338 e. The average molecular weight is 475 g/mol. The van der Waals surface area contributed by atoms with Crippen molar-refractivity contribution in [3.63, 3.8) is 0 Å². The summed E-state index contributed by atoms with van der Waals surface area (Å²) in [5.41, 5.74) is 1.02. The lowest BCUT2D eigenvalue weighted by molar-refractivity contribution is -0.113. The Morgan fingerprint density at radius 1 is 1.09 bits per heavy atom. The van der Waals surface area contributed by atoms with Gasteiger partial charge in [0.2, 0.25) is 5.91 Å². The van der Waals surface area contributed by atoms with Crippen molar-refractivity contribution < 1.29 is 19.1 Å². The fourth-order valence-electron chi connectivity index (χ4n) is 2.79. The molecule has 0 fully saturated rings. The summed E-state index contributed by atoms with van der Waals surface area (Å²) in [6.45, 7) is 4.87. The molecule has 3 rings (SSSR count). The summed E-state index contributed by atoms with van der Waals surface area (Å²) >= 11 is 7.40. The number of halogens is 1. The van der Waals surface area contributed by atoms with Crippen molar-refractivity contribution in [2.24, 2.45) is 0 Å². The molecule has 168 valence electrons. The predicted molar refractivity (Wildman–Crippen MR) is 123 cm³/mol. The standard InChI is InChI=1S/C22H23ClN4O4S/c1-3-27-19(13-31-18-8-6-5-7-17(18)23)25-26-22(27)32-14-20(28)24-16-11-9-15(10-12-16)21(29)30-4-2/h5-12H,3-4,13-14H2,1-2H3,(H,24,28). The molecule has 2 aromatic carbocycles. The molecule has 0 saturated heterocycles. The van der Waals surface area contributed by atoms with Gasteiger partial charge in [-0.05, 0) is 50.2 Å². The van der Waals surface area contributed by atoms with E-state index >= 15 is 0 Å². The van der Waals surface area contributed by atoms with E-state index in [1.807, 2.05) is 23.6 Å². The first-order chi connectivity index (χ1) is 15.5. The van der Waals surface area contributed by atoms with E-state index in [-0.39, 0.29) is 18.3 Å². The fourth-order valence-corrected chi connectivity index (χ4v) is 3.80. The second-order valence-electron chi connectivity index (χ2n) is 6.50. The van der Waals surface area contributed by atoms with E-state index in [9.17, 15) is 9.59 Å². The summed E-state index contributed by atoms with van der Waals surface area (Å²) in [6, 6.07) is 13.8. The Hall–Kier alpha value is -3.04. The second-order valence-corrected chi connectivity index (χ2v) is 7.85. The third-order valence-corrected chi connectivity index (χ3v) is 5.59. The number of esters is 1. The smallest absolute Gasteiger partial charge is 0.338 e. The third kappa shape index (κ3) is 6.24. The minimum atomic E-state index is -0.394. The van der Waals surface area contributed by atoms with Gasteiger partial charge in [0.25, 0.3) is 0 Å². The van der Waals surface area contributed by atoms with Gasteiger partial charge in [0.1, 0.15) is 12.4 Å². The lowest BCUT2D eigenvalue weighted by atomic mass is 10.2. The number of para-hydroxylation sites is 1. The molecule has 1 amide bonds. The van der Waals surface area contributed by atoms with E-state index in [4.69, 9.17) is 21.1 Å². The molecule has 32 heavy (non-hydrogen) atoms. The van der Waals surface area contributed by atoms with E-state index in [1.54, 1.807) is 43.3 Å². The van der Waals surface area contributed by atoms with Crippen molar-refractivity contribution >= 4 is 40.9 Å². The zero-order chi connectivity index (χ0) is 22.9. The van der Waals surface area contributed by atoms with Gasteiger partial charge in [-0.3, -0.25) is 4.79 Å². The number of nitrogens with zero attached hydrogens (tertiary/aromatic N) is 3. The average Bonchev–Trinajstić information content (AvgIpc) is 3.19. The van der Waals surface area contributed by atoms with Crippen molar-refractivity contribution in [3.05, 3.63) is 64.9 Å². The van der Waals surface area contributed by atoms with Crippen LogP contribution in [0.3, 0.4) is 0 Å². The molecule has 0 aliphatic rings. The van der Waals surface area contributed by atoms with Crippen LogP contribution >= 0.6 is 23.4 Å². The molecule has 0 aliphatic heterocycles. The van der Waals surface area contributed by atoms with Crippen LogP contribution in [-0.4, -0.2) is 39.0 Å². The molecule has 3 aromatic rings. The monoisotopic (exact) mass is 474 g/mol. The molecule has 0 saturated carbocycles. The minimum absolute atomic E-state index is 0.156. The van der Waals surface area contributed by atoms with Crippen molar-refractivity contribution in [1.29, 1.82) is 0 Å². The van der Waals surface area contributed by atoms with Gasteiger partial charge in [0.15, 0.2) is 11.0 Å². The first-order valence-corrected chi connectivity index (χ1v) is 11.4. The van der Waals surface area contributed by atoms with E-state index in [2.05, 4.69) is 15.5 Å². The molecule has 0 unspecified atom stereocenters. The molecular formula is C22H23ClN4O4S. The largest absolute Gasteiger partial charge is 0.484 e. The maximum atomic E-state index is 12.3. The molecule has 0 radical (unpaired) electrons. The second kappa shape index (κ2) is 11.5. The van der Waals surface area contributed by atoms with Crippen molar-refractivity contribution in [2.75, 3.05) is 17.7 Å². The topological polar surface area (TPSA) is 95.3 Å². The first-order valence-electron chi connectivity index (χ1n) is 10.0. The molecule has 10 heteroatoms. The number of aromatic nitrogens is 3. The van der Waals surface area contributed by atoms with Gasteiger partial charge in [-0.25, -0.2) is 4.79 Å². The molecule has 0 aliphatic carbocycles. The highest BCUT2D eigenvalue weighted by Crippen LogP contribution is 2.25. The van der Waals surface area contributed by atoms with Gasteiger partial charge in [-0.2, -0.15) is 0 Å². The van der Waals surface area contributed by atoms with Crippen LogP contribution in [0.15, 0.2) is 53.7 Å². The highest BCUT2D eigenvalue weighted by atomic mass is 35.5. The van der Waals surface area contributed by atoms with E-state index in [0.29, 0.717) is 46.2 Å². The van der Waals surface area contributed by atoms with Crippen molar-refractivity contribution in [2.45, 2.75) is 32.2 Å². The normalized spacial score (nSPS) is 10.6. The minimum Gasteiger partial charge on any atom is -0.484 e. The lowest BCUT2D eigenvalue weighted by Gasteiger charge is -2.10. The quantitative estimate of drug-likeness (QED) is 0.343. The van der Waals surface area contributed by atoms with Crippen molar-refractivity contribution in [3.8, 4) is 5.75 Å². The van der Waals surface area contributed by atoms with Crippen LogP contribution in [-0.2, 0) is 22.7 Å². The number of benzene rings is 2. The molecule has 0 atom stereocenters. The Bertz CT molecular complexity index is 1070. The number of thioether (sulfide) groups is 1. The number of hydrogen-bond acceptors (Lipinski definition) is 7. The molecule has 1 heterocycles. The van der Waals surface area contributed by atoms with Gasteiger partial charge in [-0.1, -0.05) is 35.5 Å². The number of anilines is 1. The Kier molecular flexibility index (Phi) is 8.52. The number of amides is 1. The highest BCUT2D eigenvalue weighted by molar-refractivity contribution is 7.99. The zero-order valence-electron chi connectivity index (χ0n) is 17.7. The van der Waals surface area contributed by atoms with Crippen LogP contribution in [0.2, 0.25) is 5.02 Å². The van der Waals surface area contributed by atoms with Crippen LogP contribution in [0.5, 0.6) is 5.75 Å². The number of carbonyl (C=O) groups excluding carboxylic acids is 2. The Balaban J connectivity index is 1.54.